The Morgan fingerprint density at radius 1 is 1.08 bits per heavy atom. The minimum atomic E-state index is -0.166. The number of ether oxygens (including phenoxy) is 1. The smallest absolute Gasteiger partial charge is 0.273 e. The second-order valence-electron chi connectivity index (χ2n) is 5.91. The molecule has 0 fully saturated rings. The van der Waals surface area contributed by atoms with Crippen LogP contribution in [0.15, 0.2) is 59.8 Å². The molecule has 1 aromatic heterocycles. The molecule has 0 aliphatic rings. The van der Waals surface area contributed by atoms with E-state index >= 15 is 0 Å². The molecule has 126 valence electrons. The highest BCUT2D eigenvalue weighted by atomic mass is 16.5. The third kappa shape index (κ3) is 3.69. The summed E-state index contributed by atoms with van der Waals surface area (Å²) in [5.74, 6) is 0.800. The van der Waals surface area contributed by atoms with E-state index in [1.165, 1.54) is 11.8 Å². The molecule has 0 saturated heterocycles. The molecule has 0 aliphatic heterocycles. The van der Waals surface area contributed by atoms with Crippen molar-refractivity contribution in [2.75, 3.05) is 7.11 Å². The largest absolute Gasteiger partial charge is 0.496 e. The molecule has 0 amide bonds. The first-order valence-electron chi connectivity index (χ1n) is 8.05. The predicted octanol–water partition coefficient (Wildman–Crippen LogP) is 4.03. The van der Waals surface area contributed by atoms with Crippen LogP contribution in [-0.2, 0) is 0 Å². The second-order valence-corrected chi connectivity index (χ2v) is 5.91. The molecule has 25 heavy (non-hydrogen) atoms. The van der Waals surface area contributed by atoms with Gasteiger partial charge in [0.15, 0.2) is 0 Å². The van der Waals surface area contributed by atoms with Crippen LogP contribution in [0.3, 0.4) is 0 Å². The van der Waals surface area contributed by atoms with E-state index in [-0.39, 0.29) is 5.56 Å². The lowest BCUT2D eigenvalue weighted by Crippen LogP contribution is -2.17. The Labute approximate surface area is 147 Å². The zero-order chi connectivity index (χ0) is 17.8. The number of hydrogen-bond acceptors (Lipinski definition) is 3. The summed E-state index contributed by atoms with van der Waals surface area (Å²) in [4.78, 5) is 15.9. The van der Waals surface area contributed by atoms with E-state index in [1.54, 1.807) is 24.1 Å². The Hall–Kier alpha value is -3.14. The Morgan fingerprint density at radius 3 is 2.52 bits per heavy atom. The Morgan fingerprint density at radius 2 is 1.84 bits per heavy atom. The molecular weight excluding hydrogens is 312 g/mol. The summed E-state index contributed by atoms with van der Waals surface area (Å²) in [6, 6.07) is 12.2. The van der Waals surface area contributed by atoms with Crippen LogP contribution in [0.2, 0.25) is 0 Å². The van der Waals surface area contributed by atoms with Gasteiger partial charge in [0.05, 0.1) is 13.3 Å². The van der Waals surface area contributed by atoms with Gasteiger partial charge in [-0.25, -0.2) is 0 Å². The van der Waals surface area contributed by atoms with E-state index in [2.05, 4.69) is 36.2 Å². The molecule has 0 N–H and O–H groups in total. The normalized spacial score (nSPS) is 11.0. The summed E-state index contributed by atoms with van der Waals surface area (Å²) < 4.78 is 7.13. The fourth-order valence-corrected chi connectivity index (χ4v) is 2.75. The van der Waals surface area contributed by atoms with Crippen LogP contribution < -0.4 is 10.3 Å². The quantitative estimate of drug-likeness (QED) is 0.678. The molecule has 0 unspecified atom stereocenters. The number of nitrogens with zero attached hydrogens (tertiary/aromatic N) is 2. The fraction of sp³-hybridized carbons (Fsp3) is 0.143. The predicted molar refractivity (Wildman–Crippen MR) is 101 cm³/mol. The molecule has 0 aliphatic carbocycles. The van der Waals surface area contributed by atoms with Crippen molar-refractivity contribution in [2.24, 2.45) is 0 Å². The van der Waals surface area contributed by atoms with Crippen molar-refractivity contribution in [1.29, 1.82) is 0 Å². The zero-order valence-electron chi connectivity index (χ0n) is 14.6. The lowest BCUT2D eigenvalue weighted by molar-refractivity contribution is 0.410. The zero-order valence-corrected chi connectivity index (χ0v) is 14.6. The van der Waals surface area contributed by atoms with Gasteiger partial charge in [-0.05, 0) is 37.1 Å². The first-order chi connectivity index (χ1) is 12.1. The number of aryl methyl sites for hydroxylation is 2. The van der Waals surface area contributed by atoms with Gasteiger partial charge >= 0.3 is 0 Å². The third-order valence-electron chi connectivity index (χ3n) is 4.03. The van der Waals surface area contributed by atoms with E-state index in [1.807, 2.05) is 31.2 Å². The number of aromatic nitrogens is 2. The van der Waals surface area contributed by atoms with Gasteiger partial charge in [-0.2, -0.15) is 0 Å². The van der Waals surface area contributed by atoms with Crippen molar-refractivity contribution in [3.63, 3.8) is 0 Å². The topological polar surface area (TPSA) is 44.1 Å². The summed E-state index contributed by atoms with van der Waals surface area (Å²) >= 11 is 0. The standard InChI is InChI=1S/C21H20N2O2/c1-15-4-6-17(7-5-15)8-9-18-13-19(12-16(2)21(18)25-3)23-11-10-22-14-20(23)24/h4-14H,1-3H3. The lowest BCUT2D eigenvalue weighted by atomic mass is 10.1. The average Bonchev–Trinajstić information content (AvgIpc) is 2.61. The summed E-state index contributed by atoms with van der Waals surface area (Å²) in [6.07, 6.45) is 8.61. The van der Waals surface area contributed by atoms with Crippen molar-refractivity contribution in [2.45, 2.75) is 13.8 Å². The number of methoxy groups -OCH3 is 1. The van der Waals surface area contributed by atoms with Crippen LogP contribution in [-0.4, -0.2) is 16.7 Å². The Balaban J connectivity index is 2.07. The Kier molecular flexibility index (Phi) is 4.80. The highest BCUT2D eigenvalue weighted by Crippen LogP contribution is 2.28. The number of hydrogen-bond donors (Lipinski definition) is 0. The molecule has 4 nitrogen and oxygen atoms in total. The molecule has 0 spiro atoms. The van der Waals surface area contributed by atoms with Crippen LogP contribution in [0.4, 0.5) is 0 Å². The maximum atomic E-state index is 12.1. The van der Waals surface area contributed by atoms with Crippen molar-refractivity contribution >= 4 is 12.2 Å². The van der Waals surface area contributed by atoms with Crippen molar-refractivity contribution < 1.29 is 4.74 Å². The highest BCUT2D eigenvalue weighted by Gasteiger charge is 2.09. The van der Waals surface area contributed by atoms with E-state index in [0.717, 1.165) is 28.1 Å². The van der Waals surface area contributed by atoms with Gasteiger partial charge in [0.25, 0.3) is 5.56 Å². The van der Waals surface area contributed by atoms with Gasteiger partial charge in [0.1, 0.15) is 5.75 Å². The lowest BCUT2D eigenvalue weighted by Gasteiger charge is -2.13. The summed E-state index contributed by atoms with van der Waals surface area (Å²) in [7, 11) is 1.66. The van der Waals surface area contributed by atoms with Crippen molar-refractivity contribution in [3.8, 4) is 11.4 Å². The maximum Gasteiger partial charge on any atom is 0.273 e. The number of rotatable bonds is 4. The molecule has 0 bridgehead atoms. The molecule has 2 aromatic carbocycles. The first kappa shape index (κ1) is 16.7. The van der Waals surface area contributed by atoms with E-state index in [0.29, 0.717) is 0 Å². The molecule has 3 rings (SSSR count). The molecular formula is C21H20N2O2. The van der Waals surface area contributed by atoms with Crippen molar-refractivity contribution in [1.82, 2.24) is 9.55 Å². The first-order valence-corrected chi connectivity index (χ1v) is 8.05. The average molecular weight is 332 g/mol. The molecule has 1 heterocycles. The van der Waals surface area contributed by atoms with Crippen LogP contribution in [0, 0.1) is 13.8 Å². The fourth-order valence-electron chi connectivity index (χ4n) is 2.75. The monoisotopic (exact) mass is 332 g/mol. The second kappa shape index (κ2) is 7.18. The Bertz CT molecular complexity index is 970. The molecule has 0 radical (unpaired) electrons. The maximum absolute atomic E-state index is 12.1. The van der Waals surface area contributed by atoms with Gasteiger partial charge in [-0.3, -0.25) is 14.3 Å². The molecule has 4 heteroatoms. The highest BCUT2D eigenvalue weighted by molar-refractivity contribution is 5.75. The summed E-state index contributed by atoms with van der Waals surface area (Å²) in [5, 5.41) is 0. The van der Waals surface area contributed by atoms with E-state index in [9.17, 15) is 4.79 Å². The van der Waals surface area contributed by atoms with Gasteiger partial charge in [0.2, 0.25) is 0 Å². The SMILES string of the molecule is COc1c(C)cc(-n2ccncc2=O)cc1C=Cc1ccc(C)cc1. The van der Waals surface area contributed by atoms with Gasteiger partial charge in [-0.15, -0.1) is 0 Å². The van der Waals surface area contributed by atoms with Crippen LogP contribution in [0.5, 0.6) is 5.75 Å². The minimum Gasteiger partial charge on any atom is -0.496 e. The van der Waals surface area contributed by atoms with Crippen molar-refractivity contribution in [3.05, 3.63) is 87.6 Å². The third-order valence-corrected chi connectivity index (χ3v) is 4.03. The summed E-state index contributed by atoms with van der Waals surface area (Å²) in [6.45, 7) is 4.04. The molecule has 0 atom stereocenters. The van der Waals surface area contributed by atoms with Crippen LogP contribution in [0.1, 0.15) is 22.3 Å². The molecule has 0 saturated carbocycles. The van der Waals surface area contributed by atoms with E-state index in [4.69, 9.17) is 4.74 Å². The van der Waals surface area contributed by atoms with E-state index < -0.39 is 0 Å². The van der Waals surface area contributed by atoms with Gasteiger partial charge in [0, 0.05) is 23.6 Å². The van der Waals surface area contributed by atoms with Gasteiger partial charge in [-0.1, -0.05) is 42.0 Å². The van der Waals surface area contributed by atoms with Gasteiger partial charge < -0.3 is 4.74 Å². The number of benzene rings is 2. The van der Waals surface area contributed by atoms with Crippen LogP contribution >= 0.6 is 0 Å². The minimum absolute atomic E-state index is 0.166. The summed E-state index contributed by atoms with van der Waals surface area (Å²) in [5.41, 5.74) is 4.84. The molecule has 3 aromatic rings. The van der Waals surface area contributed by atoms with Crippen LogP contribution in [0.25, 0.3) is 17.8 Å².